The number of amides is 1. The van der Waals surface area contributed by atoms with E-state index in [1.165, 1.54) is 17.1 Å². The molecule has 1 N–H and O–H groups in total. The van der Waals surface area contributed by atoms with Crippen LogP contribution < -0.4 is 5.32 Å². The lowest BCUT2D eigenvalue weighted by molar-refractivity contribution is -0.118. The van der Waals surface area contributed by atoms with E-state index in [2.05, 4.69) is 34.6 Å². The number of thioether (sulfide) groups is 1. The topological polar surface area (TPSA) is 59.3 Å². The number of nitrogens with one attached hydrogen (secondary N) is 1. The lowest BCUT2D eigenvalue weighted by Gasteiger charge is -2.05. The van der Waals surface area contributed by atoms with Crippen molar-refractivity contribution in [3.8, 4) is 11.3 Å². The monoisotopic (exact) mass is 424 g/mol. The van der Waals surface area contributed by atoms with Crippen LogP contribution in [0.5, 0.6) is 0 Å². The lowest BCUT2D eigenvalue weighted by Crippen LogP contribution is -2.24. The molecule has 5 aromatic rings. The first-order chi connectivity index (χ1) is 15.3. The molecule has 31 heavy (non-hydrogen) atoms. The molecular formula is C25H20N4OS. The van der Waals surface area contributed by atoms with Gasteiger partial charge in [-0.25, -0.2) is 9.50 Å². The maximum absolute atomic E-state index is 12.3. The van der Waals surface area contributed by atoms with Gasteiger partial charge in [-0.05, 0) is 22.4 Å². The van der Waals surface area contributed by atoms with Gasteiger partial charge in [0.1, 0.15) is 5.03 Å². The van der Waals surface area contributed by atoms with Gasteiger partial charge in [0, 0.05) is 24.5 Å². The van der Waals surface area contributed by atoms with E-state index in [-0.39, 0.29) is 5.91 Å². The van der Waals surface area contributed by atoms with Gasteiger partial charge in [-0.3, -0.25) is 4.79 Å². The summed E-state index contributed by atoms with van der Waals surface area (Å²) in [6, 6.07) is 26.5. The minimum atomic E-state index is -0.0218. The third kappa shape index (κ3) is 4.15. The highest BCUT2D eigenvalue weighted by atomic mass is 32.2. The zero-order valence-corrected chi connectivity index (χ0v) is 17.5. The highest BCUT2D eigenvalue weighted by Crippen LogP contribution is 2.30. The molecule has 0 spiro atoms. The summed E-state index contributed by atoms with van der Waals surface area (Å²) in [5, 5.41) is 10.8. The van der Waals surface area contributed by atoms with E-state index >= 15 is 0 Å². The number of fused-ring (bicyclic) bond motifs is 2. The fourth-order valence-electron chi connectivity index (χ4n) is 3.57. The lowest BCUT2D eigenvalue weighted by atomic mass is 10.0. The first kappa shape index (κ1) is 19.3. The average Bonchev–Trinajstić information content (AvgIpc) is 3.26. The van der Waals surface area contributed by atoms with Crippen molar-refractivity contribution in [2.24, 2.45) is 0 Å². The van der Waals surface area contributed by atoms with Crippen molar-refractivity contribution < 1.29 is 4.79 Å². The number of rotatable bonds is 6. The van der Waals surface area contributed by atoms with E-state index in [1.807, 2.05) is 65.3 Å². The van der Waals surface area contributed by atoms with E-state index in [9.17, 15) is 4.79 Å². The summed E-state index contributed by atoms with van der Waals surface area (Å²) in [6.45, 7) is 0.524. The normalized spacial score (nSPS) is 11.1. The molecule has 0 saturated heterocycles. The summed E-state index contributed by atoms with van der Waals surface area (Å²) in [7, 11) is 0. The van der Waals surface area contributed by atoms with Crippen LogP contribution in [0.4, 0.5) is 0 Å². The summed E-state index contributed by atoms with van der Waals surface area (Å²) >= 11 is 1.42. The molecule has 0 aliphatic carbocycles. The van der Waals surface area contributed by atoms with Gasteiger partial charge in [0.15, 0.2) is 0 Å². The molecule has 2 aromatic heterocycles. The third-order valence-corrected chi connectivity index (χ3v) is 6.09. The van der Waals surface area contributed by atoms with Crippen LogP contribution in [-0.2, 0) is 11.3 Å². The maximum atomic E-state index is 12.3. The largest absolute Gasteiger partial charge is 0.351 e. The van der Waals surface area contributed by atoms with Crippen molar-refractivity contribution in [3.63, 3.8) is 0 Å². The molecule has 0 radical (unpaired) electrons. The predicted octanol–water partition coefficient (Wildman–Crippen LogP) is 4.96. The van der Waals surface area contributed by atoms with Gasteiger partial charge in [0.25, 0.3) is 0 Å². The average molecular weight is 425 g/mol. The fraction of sp³-hybridized carbons (Fsp3) is 0.0800. The SMILES string of the molecule is O=C(CSc1nccn2nc(-c3cccc4ccccc34)cc12)NCc1ccccc1. The summed E-state index contributed by atoms with van der Waals surface area (Å²) in [5.74, 6) is 0.278. The Kier molecular flexibility index (Phi) is 5.37. The van der Waals surface area contributed by atoms with E-state index in [4.69, 9.17) is 5.10 Å². The molecule has 152 valence electrons. The summed E-state index contributed by atoms with van der Waals surface area (Å²) in [5.41, 5.74) is 3.95. The van der Waals surface area contributed by atoms with E-state index in [0.717, 1.165) is 32.7 Å². The predicted molar refractivity (Wildman–Crippen MR) is 125 cm³/mol. The highest BCUT2D eigenvalue weighted by Gasteiger charge is 2.13. The Balaban J connectivity index is 1.36. The van der Waals surface area contributed by atoms with Crippen LogP contribution in [0.25, 0.3) is 27.5 Å². The molecule has 0 bridgehead atoms. The Morgan fingerprint density at radius 3 is 2.68 bits per heavy atom. The molecule has 2 heterocycles. The Hall–Kier alpha value is -3.64. The minimum Gasteiger partial charge on any atom is -0.351 e. The fourth-order valence-corrected chi connectivity index (χ4v) is 4.38. The number of nitrogens with zero attached hydrogens (tertiary/aromatic N) is 3. The van der Waals surface area contributed by atoms with Crippen LogP contribution in [0.3, 0.4) is 0 Å². The van der Waals surface area contributed by atoms with Gasteiger partial charge >= 0.3 is 0 Å². The van der Waals surface area contributed by atoms with Crippen LogP contribution in [-0.4, -0.2) is 26.3 Å². The van der Waals surface area contributed by atoms with Gasteiger partial charge < -0.3 is 5.32 Å². The van der Waals surface area contributed by atoms with Crippen molar-refractivity contribution in [1.82, 2.24) is 19.9 Å². The van der Waals surface area contributed by atoms with Crippen molar-refractivity contribution in [3.05, 3.63) is 96.8 Å². The number of carbonyl (C=O) groups excluding carboxylic acids is 1. The molecule has 0 aliphatic heterocycles. The first-order valence-electron chi connectivity index (χ1n) is 10.0. The molecule has 0 aliphatic rings. The van der Waals surface area contributed by atoms with Gasteiger partial charge in [-0.15, -0.1) is 0 Å². The molecule has 0 atom stereocenters. The smallest absolute Gasteiger partial charge is 0.230 e. The zero-order chi connectivity index (χ0) is 21.0. The summed E-state index contributed by atoms with van der Waals surface area (Å²) < 4.78 is 1.83. The summed E-state index contributed by atoms with van der Waals surface area (Å²) in [6.07, 6.45) is 3.56. The van der Waals surface area contributed by atoms with Crippen LogP contribution in [0, 0.1) is 0 Å². The maximum Gasteiger partial charge on any atom is 0.230 e. The van der Waals surface area contributed by atoms with Crippen molar-refractivity contribution >= 4 is 34.0 Å². The second-order valence-corrected chi connectivity index (χ2v) is 8.13. The Bertz CT molecular complexity index is 1360. The molecule has 6 heteroatoms. The standard InChI is InChI=1S/C25H20N4OS/c30-24(27-16-18-7-2-1-3-8-18)17-31-25-23-15-22(28-29(23)14-13-26-25)21-12-6-10-19-9-4-5-11-20(19)21/h1-15H,16-17H2,(H,27,30). The minimum absolute atomic E-state index is 0.0218. The van der Waals surface area contributed by atoms with Crippen LogP contribution >= 0.6 is 11.8 Å². The molecule has 3 aromatic carbocycles. The van der Waals surface area contributed by atoms with E-state index in [0.29, 0.717) is 12.3 Å². The van der Waals surface area contributed by atoms with Crippen molar-refractivity contribution in [2.45, 2.75) is 11.6 Å². The number of benzene rings is 3. The number of aromatic nitrogens is 3. The third-order valence-electron chi connectivity index (χ3n) is 5.09. The van der Waals surface area contributed by atoms with Crippen LogP contribution in [0.1, 0.15) is 5.56 Å². The quantitative estimate of drug-likeness (QED) is 0.392. The summed E-state index contributed by atoms with van der Waals surface area (Å²) in [4.78, 5) is 16.8. The molecule has 5 rings (SSSR count). The van der Waals surface area contributed by atoms with Gasteiger partial charge in [-0.2, -0.15) is 5.10 Å². The molecule has 0 fully saturated rings. The van der Waals surface area contributed by atoms with Crippen molar-refractivity contribution in [2.75, 3.05) is 5.75 Å². The van der Waals surface area contributed by atoms with Crippen molar-refractivity contribution in [1.29, 1.82) is 0 Å². The van der Waals surface area contributed by atoms with Gasteiger partial charge in [0.05, 0.1) is 17.0 Å². The number of carbonyl (C=O) groups is 1. The van der Waals surface area contributed by atoms with E-state index in [1.54, 1.807) is 6.20 Å². The molecule has 0 unspecified atom stereocenters. The van der Waals surface area contributed by atoms with Crippen LogP contribution in [0.2, 0.25) is 0 Å². The second kappa shape index (κ2) is 8.62. The zero-order valence-electron chi connectivity index (χ0n) is 16.7. The second-order valence-electron chi connectivity index (χ2n) is 7.17. The van der Waals surface area contributed by atoms with Gasteiger partial charge in [-0.1, -0.05) is 84.6 Å². The Labute approximate surface area is 184 Å². The highest BCUT2D eigenvalue weighted by molar-refractivity contribution is 8.00. The van der Waals surface area contributed by atoms with Crippen LogP contribution in [0.15, 0.2) is 96.3 Å². The molecule has 5 nitrogen and oxygen atoms in total. The molecule has 0 saturated carbocycles. The van der Waals surface area contributed by atoms with Gasteiger partial charge in [0.2, 0.25) is 5.91 Å². The number of hydrogen-bond acceptors (Lipinski definition) is 4. The Morgan fingerprint density at radius 1 is 0.968 bits per heavy atom. The molecule has 1 amide bonds. The molecular weight excluding hydrogens is 404 g/mol. The number of hydrogen-bond donors (Lipinski definition) is 1. The van der Waals surface area contributed by atoms with E-state index < -0.39 is 0 Å². The first-order valence-corrected chi connectivity index (χ1v) is 11.0. The Morgan fingerprint density at radius 2 is 1.77 bits per heavy atom.